The maximum Gasteiger partial charge on any atom is 0.126 e. The third-order valence-electron chi connectivity index (χ3n) is 8.72. The molecule has 47 heavy (non-hydrogen) atoms. The van der Waals surface area contributed by atoms with Gasteiger partial charge in [0.25, 0.3) is 0 Å². The molecule has 0 fully saturated rings. The number of aromatic hydroxyl groups is 3. The van der Waals surface area contributed by atoms with Crippen LogP contribution in [0.4, 0.5) is 0 Å². The Kier molecular flexibility index (Phi) is 15.5. The zero-order chi connectivity index (χ0) is 34.4. The molecule has 0 saturated carbocycles. The summed E-state index contributed by atoms with van der Waals surface area (Å²) in [4.78, 5) is 0. The fraction of sp³-hybridized carbons (Fsp3) is 0.550. The second-order valence-corrected chi connectivity index (χ2v) is 12.5. The predicted octanol–water partition coefficient (Wildman–Crippen LogP) is 8.99. The lowest BCUT2D eigenvalue weighted by Gasteiger charge is -2.35. The van der Waals surface area contributed by atoms with Crippen molar-refractivity contribution in [3.05, 3.63) is 86.5 Å². The van der Waals surface area contributed by atoms with E-state index >= 15 is 0 Å². The Morgan fingerprint density at radius 1 is 0.426 bits per heavy atom. The monoisotopic (exact) mass is 650 g/mol. The third kappa shape index (κ3) is 9.50. The first-order valence-electron chi connectivity index (χ1n) is 17.6. The maximum absolute atomic E-state index is 11.4. The van der Waals surface area contributed by atoms with Gasteiger partial charge in [-0.2, -0.15) is 0 Å². The largest absolute Gasteiger partial charge is 0.507 e. The van der Waals surface area contributed by atoms with Crippen LogP contribution in [0.5, 0.6) is 17.2 Å². The molecule has 0 heterocycles. The molecule has 0 spiro atoms. The van der Waals surface area contributed by atoms with Gasteiger partial charge in [-0.3, -0.25) is 0 Å². The lowest BCUT2D eigenvalue weighted by atomic mass is 9.68. The summed E-state index contributed by atoms with van der Waals surface area (Å²) in [6.07, 6.45) is 4.83. The minimum Gasteiger partial charge on any atom is -0.507 e. The van der Waals surface area contributed by atoms with Crippen molar-refractivity contribution in [1.29, 1.82) is 0 Å². The summed E-state index contributed by atoms with van der Waals surface area (Å²) >= 11 is 0. The van der Waals surface area contributed by atoms with Crippen LogP contribution < -0.4 is 0 Å². The van der Waals surface area contributed by atoms with Crippen molar-refractivity contribution in [3.8, 4) is 17.2 Å². The van der Waals surface area contributed by atoms with Crippen LogP contribution in [0, 0.1) is 0 Å². The van der Waals surface area contributed by atoms with Gasteiger partial charge in [0.2, 0.25) is 0 Å². The van der Waals surface area contributed by atoms with E-state index in [4.69, 9.17) is 18.9 Å². The number of hydrogen-bond donors (Lipinski definition) is 3. The SMILES string of the molecule is CCCOCc1cc(C(C)(c2cc(CC)c(O)c(CC)c2)c2cc(COCCC)c(O)c(COCCC)c2)cc(COCCC)c1O. The lowest BCUT2D eigenvalue weighted by molar-refractivity contribution is 0.114. The summed E-state index contributed by atoms with van der Waals surface area (Å²) < 4.78 is 23.8. The Hall–Kier alpha value is -3.10. The van der Waals surface area contributed by atoms with Gasteiger partial charge >= 0.3 is 0 Å². The second-order valence-electron chi connectivity index (χ2n) is 12.5. The van der Waals surface area contributed by atoms with E-state index in [1.807, 2.05) is 24.3 Å². The highest BCUT2D eigenvalue weighted by Gasteiger charge is 2.35. The van der Waals surface area contributed by atoms with Gasteiger partial charge in [0.1, 0.15) is 17.2 Å². The predicted molar refractivity (Wildman–Crippen MR) is 188 cm³/mol. The number of phenolic OH excluding ortho intramolecular Hbond substituents is 3. The van der Waals surface area contributed by atoms with E-state index in [0.717, 1.165) is 53.5 Å². The Morgan fingerprint density at radius 2 is 0.660 bits per heavy atom. The third-order valence-corrected chi connectivity index (χ3v) is 8.72. The van der Waals surface area contributed by atoms with Crippen molar-refractivity contribution in [2.75, 3.05) is 26.4 Å². The molecule has 0 radical (unpaired) electrons. The van der Waals surface area contributed by atoms with Crippen LogP contribution in [0.1, 0.15) is 124 Å². The highest BCUT2D eigenvalue weighted by Crippen LogP contribution is 2.45. The number of ether oxygens (including phenoxy) is 4. The minimum atomic E-state index is -0.777. The molecule has 260 valence electrons. The van der Waals surface area contributed by atoms with Gasteiger partial charge in [0.15, 0.2) is 0 Å². The fourth-order valence-corrected chi connectivity index (χ4v) is 5.93. The molecule has 7 nitrogen and oxygen atoms in total. The summed E-state index contributed by atoms with van der Waals surface area (Å²) in [6.45, 7) is 17.9. The van der Waals surface area contributed by atoms with Gasteiger partial charge in [0, 0.05) is 54.1 Å². The summed E-state index contributed by atoms with van der Waals surface area (Å²) in [6, 6.07) is 12.3. The van der Waals surface area contributed by atoms with Crippen LogP contribution in [-0.4, -0.2) is 41.7 Å². The molecule has 7 heteroatoms. The molecule has 3 rings (SSSR count). The van der Waals surface area contributed by atoms with Crippen molar-refractivity contribution >= 4 is 0 Å². The van der Waals surface area contributed by atoms with Gasteiger partial charge in [-0.25, -0.2) is 0 Å². The Morgan fingerprint density at radius 3 is 0.894 bits per heavy atom. The zero-order valence-electron chi connectivity index (χ0n) is 29.8. The number of benzene rings is 3. The molecule has 0 saturated heterocycles. The van der Waals surface area contributed by atoms with Crippen LogP contribution in [0.2, 0.25) is 0 Å². The molecular formula is C40H58O7. The first-order chi connectivity index (χ1) is 22.7. The molecule has 0 aromatic heterocycles. The molecule has 0 amide bonds. The van der Waals surface area contributed by atoms with Crippen molar-refractivity contribution in [2.24, 2.45) is 0 Å². The van der Waals surface area contributed by atoms with Gasteiger partial charge in [0.05, 0.1) is 26.4 Å². The van der Waals surface area contributed by atoms with Crippen LogP contribution >= 0.6 is 0 Å². The highest BCUT2D eigenvalue weighted by molar-refractivity contribution is 5.59. The van der Waals surface area contributed by atoms with E-state index in [0.29, 0.717) is 67.3 Å². The first kappa shape index (κ1) is 38.3. The topological polar surface area (TPSA) is 97.6 Å². The fourth-order valence-electron chi connectivity index (χ4n) is 5.93. The number of hydrogen-bond acceptors (Lipinski definition) is 7. The van der Waals surface area contributed by atoms with E-state index in [2.05, 4.69) is 60.6 Å². The van der Waals surface area contributed by atoms with Crippen LogP contribution in [-0.2, 0) is 63.6 Å². The van der Waals surface area contributed by atoms with E-state index in [1.54, 1.807) is 0 Å². The Bertz CT molecular complexity index is 1250. The van der Waals surface area contributed by atoms with Crippen molar-refractivity contribution < 1.29 is 34.3 Å². The van der Waals surface area contributed by atoms with E-state index < -0.39 is 5.41 Å². The molecule has 0 aliphatic rings. The summed E-state index contributed by atoms with van der Waals surface area (Å²) in [7, 11) is 0. The van der Waals surface area contributed by atoms with Crippen LogP contribution in [0.15, 0.2) is 36.4 Å². The summed E-state index contributed by atoms with van der Waals surface area (Å²) in [5, 5.41) is 34.0. The van der Waals surface area contributed by atoms with Crippen LogP contribution in [0.25, 0.3) is 0 Å². The molecule has 3 aromatic rings. The molecule has 0 aliphatic carbocycles. The van der Waals surface area contributed by atoms with Crippen molar-refractivity contribution in [1.82, 2.24) is 0 Å². The Balaban J connectivity index is 2.42. The van der Waals surface area contributed by atoms with Gasteiger partial charge in [-0.1, -0.05) is 53.7 Å². The lowest BCUT2D eigenvalue weighted by Crippen LogP contribution is -2.27. The molecular weight excluding hydrogens is 592 g/mol. The number of aryl methyl sites for hydroxylation is 2. The van der Waals surface area contributed by atoms with Crippen molar-refractivity contribution in [3.63, 3.8) is 0 Å². The zero-order valence-corrected chi connectivity index (χ0v) is 29.8. The molecule has 0 bridgehead atoms. The van der Waals surface area contributed by atoms with E-state index in [9.17, 15) is 15.3 Å². The van der Waals surface area contributed by atoms with E-state index in [1.165, 1.54) is 0 Å². The van der Waals surface area contributed by atoms with Crippen LogP contribution in [0.3, 0.4) is 0 Å². The average Bonchev–Trinajstić information content (AvgIpc) is 3.07. The summed E-state index contributed by atoms with van der Waals surface area (Å²) in [5.41, 5.74) is 6.64. The van der Waals surface area contributed by atoms with E-state index in [-0.39, 0.29) is 37.9 Å². The van der Waals surface area contributed by atoms with Gasteiger partial charge < -0.3 is 34.3 Å². The maximum atomic E-state index is 11.4. The Labute approximate surface area is 282 Å². The van der Waals surface area contributed by atoms with Crippen molar-refractivity contribution in [2.45, 2.75) is 119 Å². The number of phenols is 3. The standard InChI is InChI=1S/C40H58O7/c1-8-14-44-24-30-20-35(21-31(38(30)42)25-45-15-9-2)40(7,34-18-28(12-5)37(41)29(13-6)19-34)36-22-32(26-46-16-10-3)39(43)33(23-36)27-47-17-11-4/h18-23,41-43H,8-17,24-27H2,1-7H3. The molecule has 0 unspecified atom stereocenters. The molecule has 3 N–H and O–H groups in total. The molecule has 0 aliphatic heterocycles. The van der Waals surface area contributed by atoms with Gasteiger partial charge in [-0.15, -0.1) is 0 Å². The van der Waals surface area contributed by atoms with Gasteiger partial charge in [-0.05, 0) is 97.5 Å². The second kappa shape index (κ2) is 19.0. The first-order valence-corrected chi connectivity index (χ1v) is 17.6. The smallest absolute Gasteiger partial charge is 0.126 e. The summed E-state index contributed by atoms with van der Waals surface area (Å²) in [5.74, 6) is 0.707. The minimum absolute atomic E-state index is 0.186. The quantitative estimate of drug-likeness (QED) is 0.0782. The molecule has 0 atom stereocenters. The highest BCUT2D eigenvalue weighted by atomic mass is 16.5. The normalized spacial score (nSPS) is 11.8. The average molecular weight is 651 g/mol. The number of rotatable bonds is 21. The molecule has 3 aromatic carbocycles.